The lowest BCUT2D eigenvalue weighted by Crippen LogP contribution is -2.13. The first kappa shape index (κ1) is 15.3. The van der Waals surface area contributed by atoms with Gasteiger partial charge in [-0.25, -0.2) is 4.98 Å². The molecule has 0 aliphatic heterocycles. The van der Waals surface area contributed by atoms with E-state index in [1.165, 1.54) is 27.5 Å². The summed E-state index contributed by atoms with van der Waals surface area (Å²) in [6.07, 6.45) is 1.25. The predicted octanol–water partition coefficient (Wildman–Crippen LogP) is 3.18. The second-order valence-electron chi connectivity index (χ2n) is 5.59. The number of benzene rings is 2. The molecule has 6 nitrogen and oxygen atoms in total. The van der Waals surface area contributed by atoms with Gasteiger partial charge >= 0.3 is 0 Å². The number of nitrogens with zero attached hydrogens (tertiary/aromatic N) is 1. The molecule has 4 rings (SSSR count). The molecule has 0 unspecified atom stereocenters. The molecule has 6 heteroatoms. The van der Waals surface area contributed by atoms with Gasteiger partial charge in [-0.2, -0.15) is 0 Å². The van der Waals surface area contributed by atoms with Crippen LogP contribution in [-0.2, 0) is 0 Å². The number of carbonyl (C=O) groups excluding carboxylic acids is 1. The van der Waals surface area contributed by atoms with Gasteiger partial charge < -0.3 is 19.3 Å². The van der Waals surface area contributed by atoms with Crippen molar-refractivity contribution in [2.75, 3.05) is 21.3 Å². The van der Waals surface area contributed by atoms with Crippen LogP contribution >= 0.6 is 0 Å². The van der Waals surface area contributed by atoms with E-state index < -0.39 is 0 Å². The lowest BCUT2D eigenvalue weighted by Gasteiger charge is -2.25. The number of ether oxygens (including phenoxy) is 3. The van der Waals surface area contributed by atoms with Gasteiger partial charge in [-0.3, -0.25) is 4.79 Å². The molecule has 0 fully saturated rings. The number of hydrogen-bond acceptors (Lipinski definition) is 6. The minimum absolute atomic E-state index is 0.0926. The Bertz CT molecular complexity index is 1040. The minimum atomic E-state index is -0.206. The van der Waals surface area contributed by atoms with Crippen molar-refractivity contribution in [3.63, 3.8) is 0 Å². The third-order valence-corrected chi connectivity index (χ3v) is 4.44. The van der Waals surface area contributed by atoms with Crippen LogP contribution < -0.4 is 14.2 Å². The third-order valence-electron chi connectivity index (χ3n) is 4.44. The summed E-state index contributed by atoms with van der Waals surface area (Å²) >= 11 is 0. The summed E-state index contributed by atoms with van der Waals surface area (Å²) in [7, 11) is 4.49. The predicted molar refractivity (Wildman–Crippen MR) is 91.9 cm³/mol. The summed E-state index contributed by atoms with van der Waals surface area (Å²) in [5.74, 6) is 0.781. The highest BCUT2D eigenvalue weighted by Gasteiger charge is 2.34. The van der Waals surface area contributed by atoms with Gasteiger partial charge in [0.25, 0.3) is 0 Å². The molecule has 0 atom stereocenters. The molecule has 0 bridgehead atoms. The van der Waals surface area contributed by atoms with Crippen LogP contribution in [0.25, 0.3) is 21.9 Å². The van der Waals surface area contributed by atoms with E-state index in [1.807, 2.05) is 12.1 Å². The Morgan fingerprint density at radius 3 is 2.16 bits per heavy atom. The topological polar surface area (TPSA) is 77.9 Å². The maximum atomic E-state index is 12.9. The summed E-state index contributed by atoms with van der Waals surface area (Å²) < 4.78 is 16.6. The first-order valence-corrected chi connectivity index (χ1v) is 7.61. The van der Waals surface area contributed by atoms with Gasteiger partial charge in [0, 0.05) is 16.5 Å². The largest absolute Gasteiger partial charge is 0.506 e. The Morgan fingerprint density at radius 2 is 1.52 bits per heavy atom. The zero-order chi connectivity index (χ0) is 17.7. The smallest absolute Gasteiger partial charge is 0.212 e. The molecule has 25 heavy (non-hydrogen) atoms. The fourth-order valence-electron chi connectivity index (χ4n) is 3.45. The Morgan fingerprint density at radius 1 is 0.880 bits per heavy atom. The van der Waals surface area contributed by atoms with Crippen molar-refractivity contribution in [1.82, 2.24) is 4.98 Å². The number of hydrogen-bond donors (Lipinski definition) is 1. The minimum Gasteiger partial charge on any atom is -0.506 e. The van der Waals surface area contributed by atoms with E-state index in [4.69, 9.17) is 14.2 Å². The molecule has 126 valence electrons. The highest BCUT2D eigenvalue weighted by molar-refractivity contribution is 6.27. The Kier molecular flexibility index (Phi) is 3.28. The van der Waals surface area contributed by atoms with Crippen LogP contribution in [0.3, 0.4) is 0 Å². The van der Waals surface area contributed by atoms with Crippen LogP contribution in [0.5, 0.6) is 23.0 Å². The highest BCUT2D eigenvalue weighted by Crippen LogP contribution is 2.55. The highest BCUT2D eigenvalue weighted by atomic mass is 16.5. The van der Waals surface area contributed by atoms with Crippen molar-refractivity contribution >= 4 is 16.6 Å². The van der Waals surface area contributed by atoms with Crippen LogP contribution in [-0.4, -0.2) is 37.2 Å². The number of aromatic nitrogens is 1. The molecule has 1 aliphatic carbocycles. The van der Waals surface area contributed by atoms with Crippen molar-refractivity contribution in [2.24, 2.45) is 0 Å². The average molecular weight is 337 g/mol. The van der Waals surface area contributed by atoms with Crippen molar-refractivity contribution in [2.45, 2.75) is 0 Å². The van der Waals surface area contributed by atoms with Gasteiger partial charge in [-0.05, 0) is 5.56 Å². The van der Waals surface area contributed by atoms with Crippen LogP contribution in [0.15, 0.2) is 30.5 Å². The molecule has 3 aromatic rings. The van der Waals surface area contributed by atoms with E-state index in [9.17, 15) is 9.90 Å². The van der Waals surface area contributed by atoms with Crippen LogP contribution in [0.1, 0.15) is 16.1 Å². The van der Waals surface area contributed by atoms with Crippen LogP contribution in [0, 0.1) is 0 Å². The molecule has 0 amide bonds. The number of methoxy groups -OCH3 is 3. The number of pyridine rings is 1. The van der Waals surface area contributed by atoms with Crippen molar-refractivity contribution in [1.29, 1.82) is 0 Å². The Labute approximate surface area is 143 Å². The maximum absolute atomic E-state index is 12.9. The van der Waals surface area contributed by atoms with Crippen molar-refractivity contribution < 1.29 is 24.1 Å². The summed E-state index contributed by atoms with van der Waals surface area (Å²) in [6, 6.07) is 7.22. The van der Waals surface area contributed by atoms with E-state index >= 15 is 0 Å². The van der Waals surface area contributed by atoms with Gasteiger partial charge in [0.15, 0.2) is 11.5 Å². The Hall–Kier alpha value is -3.28. The molecule has 1 N–H and O–H groups in total. The quantitative estimate of drug-likeness (QED) is 0.619. The molecular formula is C19H15NO5. The van der Waals surface area contributed by atoms with Crippen molar-refractivity contribution in [3.05, 3.63) is 41.7 Å². The lowest BCUT2D eigenvalue weighted by atomic mass is 9.84. The van der Waals surface area contributed by atoms with Gasteiger partial charge in [0.2, 0.25) is 11.5 Å². The molecule has 1 aliphatic rings. The van der Waals surface area contributed by atoms with Gasteiger partial charge in [0.1, 0.15) is 11.4 Å². The second kappa shape index (κ2) is 5.37. The molecule has 2 aromatic carbocycles. The van der Waals surface area contributed by atoms with Crippen LogP contribution in [0.2, 0.25) is 0 Å². The molecule has 0 radical (unpaired) electrons. The standard InChI is InChI=1S/C19H15NO5/c1-23-17-12-9-6-4-5-7-10(9)16(22)15-14(12)13(11(21)8-20-15)18(24-2)19(17)25-3/h4-8,21H,1-3H3. The maximum Gasteiger partial charge on any atom is 0.212 e. The van der Waals surface area contributed by atoms with Gasteiger partial charge in [-0.15, -0.1) is 0 Å². The summed E-state index contributed by atoms with van der Waals surface area (Å²) in [6.45, 7) is 0. The van der Waals surface area contributed by atoms with Crippen LogP contribution in [0.4, 0.5) is 0 Å². The molecule has 0 spiro atoms. The van der Waals surface area contributed by atoms with E-state index in [0.717, 1.165) is 0 Å². The molecule has 1 heterocycles. The SMILES string of the molecule is COc1c(OC)c2c3c(ncc(O)c3c1OC)C(=O)c1ccccc1-2. The molecule has 0 saturated carbocycles. The van der Waals surface area contributed by atoms with E-state index in [1.54, 1.807) is 12.1 Å². The fourth-order valence-corrected chi connectivity index (χ4v) is 3.45. The molecule has 0 saturated heterocycles. The fraction of sp³-hybridized carbons (Fsp3) is 0.158. The third kappa shape index (κ3) is 1.85. The zero-order valence-electron chi connectivity index (χ0n) is 13.9. The summed E-state index contributed by atoms with van der Waals surface area (Å²) in [4.78, 5) is 17.1. The number of rotatable bonds is 3. The molecular weight excluding hydrogens is 322 g/mol. The normalized spacial score (nSPS) is 12.0. The monoisotopic (exact) mass is 337 g/mol. The van der Waals surface area contributed by atoms with E-state index in [2.05, 4.69) is 4.98 Å². The summed E-state index contributed by atoms with van der Waals surface area (Å²) in [5, 5.41) is 11.3. The lowest BCUT2D eigenvalue weighted by molar-refractivity contribution is 0.103. The second-order valence-corrected chi connectivity index (χ2v) is 5.59. The molecule has 1 aromatic heterocycles. The average Bonchev–Trinajstić information content (AvgIpc) is 2.65. The zero-order valence-corrected chi connectivity index (χ0v) is 13.9. The van der Waals surface area contributed by atoms with Gasteiger partial charge in [0.05, 0.1) is 32.9 Å². The number of ketones is 1. The van der Waals surface area contributed by atoms with Gasteiger partial charge in [-0.1, -0.05) is 24.3 Å². The van der Waals surface area contributed by atoms with E-state index in [0.29, 0.717) is 44.7 Å². The van der Waals surface area contributed by atoms with Crippen molar-refractivity contribution in [3.8, 4) is 34.1 Å². The number of carbonyl (C=O) groups is 1. The first-order chi connectivity index (χ1) is 12.1. The first-order valence-electron chi connectivity index (χ1n) is 7.61. The number of aromatic hydroxyl groups is 1. The number of fused-ring (bicyclic) bond motifs is 2. The van der Waals surface area contributed by atoms with E-state index in [-0.39, 0.29) is 17.2 Å². The Balaban J connectivity index is 2.34. The summed E-state index contributed by atoms with van der Waals surface area (Å²) in [5.41, 5.74) is 2.14.